The van der Waals surface area contributed by atoms with E-state index < -0.39 is 5.97 Å². The van der Waals surface area contributed by atoms with Crippen molar-refractivity contribution in [2.45, 2.75) is 32.2 Å². The molecule has 110 valence electrons. The Morgan fingerprint density at radius 2 is 1.90 bits per heavy atom. The molecule has 0 radical (unpaired) electrons. The van der Waals surface area contributed by atoms with Crippen LogP contribution in [0.25, 0.3) is 0 Å². The zero-order valence-electron chi connectivity index (χ0n) is 11.8. The predicted molar refractivity (Wildman–Crippen MR) is 77.1 cm³/mol. The molecule has 1 aromatic rings. The van der Waals surface area contributed by atoms with Gasteiger partial charge in [-0.25, -0.2) is 0 Å². The van der Waals surface area contributed by atoms with Crippen molar-refractivity contribution in [2.24, 2.45) is 5.73 Å². The van der Waals surface area contributed by atoms with Crippen LogP contribution in [-0.2, 0) is 9.59 Å². The van der Waals surface area contributed by atoms with Crippen molar-refractivity contribution < 1.29 is 14.7 Å². The van der Waals surface area contributed by atoms with Gasteiger partial charge in [0.2, 0.25) is 5.91 Å². The molecule has 0 aliphatic carbocycles. The molecule has 0 fully saturated rings. The summed E-state index contributed by atoms with van der Waals surface area (Å²) in [5.41, 5.74) is 7.05. The minimum Gasteiger partial charge on any atom is -0.481 e. The first-order chi connectivity index (χ1) is 9.54. The van der Waals surface area contributed by atoms with Gasteiger partial charge >= 0.3 is 5.97 Å². The highest BCUT2D eigenvalue weighted by atomic mass is 16.4. The number of amides is 1. The largest absolute Gasteiger partial charge is 0.481 e. The van der Waals surface area contributed by atoms with Crippen LogP contribution in [0.2, 0.25) is 0 Å². The van der Waals surface area contributed by atoms with Crippen molar-refractivity contribution >= 4 is 11.9 Å². The van der Waals surface area contributed by atoms with Crippen LogP contribution in [0.3, 0.4) is 0 Å². The van der Waals surface area contributed by atoms with Gasteiger partial charge in [-0.15, -0.1) is 0 Å². The Hall–Kier alpha value is -1.88. The number of carbonyl (C=O) groups excluding carboxylic acids is 1. The summed E-state index contributed by atoms with van der Waals surface area (Å²) in [5.74, 6) is -0.933. The fourth-order valence-corrected chi connectivity index (χ4v) is 1.99. The second kappa shape index (κ2) is 8.32. The minimum atomic E-state index is -0.891. The van der Waals surface area contributed by atoms with Gasteiger partial charge in [0, 0.05) is 25.6 Å². The van der Waals surface area contributed by atoms with E-state index in [2.05, 4.69) is 0 Å². The van der Waals surface area contributed by atoms with E-state index in [1.165, 1.54) is 0 Å². The number of benzene rings is 1. The molecule has 0 aliphatic rings. The van der Waals surface area contributed by atoms with E-state index in [0.717, 1.165) is 5.56 Å². The number of carbonyl (C=O) groups is 2. The normalized spacial score (nSPS) is 11.9. The van der Waals surface area contributed by atoms with Crippen LogP contribution < -0.4 is 5.73 Å². The summed E-state index contributed by atoms with van der Waals surface area (Å²) in [4.78, 5) is 24.1. The SMILES string of the molecule is CCN(CCC(=O)O)C(=O)CCC(N)c1ccccc1. The highest BCUT2D eigenvalue weighted by molar-refractivity contribution is 5.77. The van der Waals surface area contributed by atoms with Crippen molar-refractivity contribution in [1.29, 1.82) is 0 Å². The predicted octanol–water partition coefficient (Wildman–Crippen LogP) is 1.79. The van der Waals surface area contributed by atoms with Gasteiger partial charge in [0.25, 0.3) is 0 Å². The first kappa shape index (κ1) is 16.2. The summed E-state index contributed by atoms with van der Waals surface area (Å²) in [7, 11) is 0. The van der Waals surface area contributed by atoms with Crippen LogP contribution in [-0.4, -0.2) is 35.0 Å². The van der Waals surface area contributed by atoms with Crippen molar-refractivity contribution in [2.75, 3.05) is 13.1 Å². The average Bonchev–Trinajstić information content (AvgIpc) is 2.46. The van der Waals surface area contributed by atoms with Gasteiger partial charge in [-0.2, -0.15) is 0 Å². The summed E-state index contributed by atoms with van der Waals surface area (Å²) in [6.45, 7) is 2.62. The van der Waals surface area contributed by atoms with Gasteiger partial charge in [-0.05, 0) is 18.9 Å². The van der Waals surface area contributed by atoms with E-state index in [-0.39, 0.29) is 24.9 Å². The van der Waals surface area contributed by atoms with E-state index >= 15 is 0 Å². The fourth-order valence-electron chi connectivity index (χ4n) is 1.99. The smallest absolute Gasteiger partial charge is 0.305 e. The Morgan fingerprint density at radius 3 is 2.45 bits per heavy atom. The monoisotopic (exact) mass is 278 g/mol. The van der Waals surface area contributed by atoms with Crippen molar-refractivity contribution in [1.82, 2.24) is 4.90 Å². The number of carboxylic acid groups (broad SMARTS) is 1. The second-order valence-electron chi connectivity index (χ2n) is 4.67. The Bertz CT molecular complexity index is 434. The molecule has 1 amide bonds. The van der Waals surface area contributed by atoms with Crippen LogP contribution >= 0.6 is 0 Å². The van der Waals surface area contributed by atoms with E-state index in [1.807, 2.05) is 37.3 Å². The number of carboxylic acids is 1. The Balaban J connectivity index is 2.43. The van der Waals surface area contributed by atoms with Gasteiger partial charge in [0.05, 0.1) is 6.42 Å². The molecule has 20 heavy (non-hydrogen) atoms. The number of aliphatic carboxylic acids is 1. The average molecular weight is 278 g/mol. The maximum atomic E-state index is 12.0. The molecule has 3 N–H and O–H groups in total. The van der Waals surface area contributed by atoms with E-state index in [0.29, 0.717) is 19.4 Å². The molecule has 0 bridgehead atoms. The van der Waals surface area contributed by atoms with E-state index in [4.69, 9.17) is 10.8 Å². The van der Waals surface area contributed by atoms with Crippen LogP contribution in [0.5, 0.6) is 0 Å². The quantitative estimate of drug-likeness (QED) is 0.759. The third kappa shape index (κ3) is 5.40. The van der Waals surface area contributed by atoms with Gasteiger partial charge < -0.3 is 15.7 Å². The lowest BCUT2D eigenvalue weighted by Crippen LogP contribution is -2.33. The van der Waals surface area contributed by atoms with Crippen LogP contribution in [0.15, 0.2) is 30.3 Å². The van der Waals surface area contributed by atoms with Crippen molar-refractivity contribution in [3.8, 4) is 0 Å². The zero-order valence-corrected chi connectivity index (χ0v) is 11.8. The van der Waals surface area contributed by atoms with Crippen LogP contribution in [0, 0.1) is 0 Å². The summed E-state index contributed by atoms with van der Waals surface area (Å²) < 4.78 is 0. The molecule has 1 rings (SSSR count). The van der Waals surface area contributed by atoms with Crippen molar-refractivity contribution in [3.63, 3.8) is 0 Å². The maximum absolute atomic E-state index is 12.0. The van der Waals surface area contributed by atoms with E-state index in [1.54, 1.807) is 4.90 Å². The second-order valence-corrected chi connectivity index (χ2v) is 4.67. The summed E-state index contributed by atoms with van der Waals surface area (Å²) in [6.07, 6.45) is 0.875. The molecule has 1 atom stereocenters. The molecule has 0 aliphatic heterocycles. The number of hydrogen-bond acceptors (Lipinski definition) is 3. The molecule has 0 aromatic heterocycles. The number of nitrogens with zero attached hydrogens (tertiary/aromatic N) is 1. The first-order valence-corrected chi connectivity index (χ1v) is 6.84. The molecular formula is C15H22N2O3. The third-order valence-corrected chi connectivity index (χ3v) is 3.23. The standard InChI is InChI=1S/C15H22N2O3/c1-2-17(11-10-15(19)20)14(18)9-8-13(16)12-6-4-3-5-7-12/h3-7,13H,2,8-11,16H2,1H3,(H,19,20). The molecule has 0 saturated carbocycles. The molecule has 0 heterocycles. The molecule has 0 spiro atoms. The summed E-state index contributed by atoms with van der Waals surface area (Å²) >= 11 is 0. The molecular weight excluding hydrogens is 256 g/mol. The maximum Gasteiger partial charge on any atom is 0.305 e. The number of nitrogens with two attached hydrogens (primary N) is 1. The van der Waals surface area contributed by atoms with Crippen molar-refractivity contribution in [3.05, 3.63) is 35.9 Å². The highest BCUT2D eigenvalue weighted by Gasteiger charge is 2.15. The number of rotatable bonds is 8. The molecule has 1 unspecified atom stereocenters. The van der Waals surface area contributed by atoms with Crippen LogP contribution in [0.1, 0.15) is 37.8 Å². The molecule has 1 aromatic carbocycles. The van der Waals surface area contributed by atoms with E-state index in [9.17, 15) is 9.59 Å². The Morgan fingerprint density at radius 1 is 1.25 bits per heavy atom. The molecule has 0 saturated heterocycles. The van der Waals surface area contributed by atoms with Gasteiger partial charge in [-0.1, -0.05) is 30.3 Å². The molecule has 5 heteroatoms. The summed E-state index contributed by atoms with van der Waals surface area (Å²) in [6, 6.07) is 9.48. The van der Waals surface area contributed by atoms with Gasteiger partial charge in [0.1, 0.15) is 0 Å². The molecule has 5 nitrogen and oxygen atoms in total. The fraction of sp³-hybridized carbons (Fsp3) is 0.467. The zero-order chi connectivity index (χ0) is 15.0. The van der Waals surface area contributed by atoms with Crippen LogP contribution in [0.4, 0.5) is 0 Å². The topological polar surface area (TPSA) is 83.6 Å². The lowest BCUT2D eigenvalue weighted by atomic mass is 10.0. The third-order valence-electron chi connectivity index (χ3n) is 3.23. The van der Waals surface area contributed by atoms with Gasteiger partial charge in [-0.3, -0.25) is 9.59 Å². The van der Waals surface area contributed by atoms with Gasteiger partial charge in [0.15, 0.2) is 0 Å². The number of hydrogen-bond donors (Lipinski definition) is 2. The Kier molecular flexibility index (Phi) is 6.73. The highest BCUT2D eigenvalue weighted by Crippen LogP contribution is 2.15. The summed E-state index contributed by atoms with van der Waals surface area (Å²) in [5, 5.41) is 8.65. The Labute approximate surface area is 119 Å². The minimum absolute atomic E-state index is 0.0235. The first-order valence-electron chi connectivity index (χ1n) is 6.84. The lowest BCUT2D eigenvalue weighted by molar-refractivity contribution is -0.138. The lowest BCUT2D eigenvalue weighted by Gasteiger charge is -2.21.